The second-order valence-corrected chi connectivity index (χ2v) is 4.16. The molecule has 2 saturated heterocycles. The number of hydrogen-bond donors (Lipinski definition) is 2. The molecule has 1 spiro atoms. The minimum absolute atomic E-state index is 0.00405. The fourth-order valence-electron chi connectivity index (χ4n) is 2.42. The molecule has 2 aliphatic rings. The van der Waals surface area contributed by atoms with Crippen molar-refractivity contribution in [2.45, 2.75) is 43.9 Å². The highest BCUT2D eigenvalue weighted by molar-refractivity contribution is 4.95. The zero-order valence-corrected chi connectivity index (χ0v) is 7.55. The van der Waals surface area contributed by atoms with Crippen LogP contribution in [-0.4, -0.2) is 36.0 Å². The van der Waals surface area contributed by atoms with Crippen LogP contribution in [0.15, 0.2) is 0 Å². The van der Waals surface area contributed by atoms with Gasteiger partial charge in [0.1, 0.15) is 0 Å². The van der Waals surface area contributed by atoms with Crippen molar-refractivity contribution in [1.29, 1.82) is 0 Å². The fraction of sp³-hybridized carbons (Fsp3) is 1.00. The van der Waals surface area contributed by atoms with Crippen LogP contribution >= 0.6 is 0 Å². The van der Waals surface area contributed by atoms with Crippen LogP contribution < -0.4 is 5.32 Å². The Morgan fingerprint density at radius 3 is 2.92 bits per heavy atom. The molecule has 0 radical (unpaired) electrons. The molecule has 0 saturated carbocycles. The SMILES string of the molecule is CC1CC2(CCN1)CC(O)CO2. The number of ether oxygens (including phenoxy) is 1. The molecular weight excluding hydrogens is 154 g/mol. The standard InChI is InChI=1S/C9H17NO2/c1-7-4-9(2-3-10-7)5-8(11)6-12-9/h7-8,10-11H,2-6H2,1H3. The second kappa shape index (κ2) is 2.98. The molecule has 0 aromatic carbocycles. The lowest BCUT2D eigenvalue weighted by atomic mass is 9.85. The summed E-state index contributed by atoms with van der Waals surface area (Å²) in [7, 11) is 0. The zero-order valence-electron chi connectivity index (χ0n) is 7.55. The van der Waals surface area contributed by atoms with Gasteiger partial charge < -0.3 is 15.2 Å². The topological polar surface area (TPSA) is 41.5 Å². The lowest BCUT2D eigenvalue weighted by molar-refractivity contribution is -0.0301. The van der Waals surface area contributed by atoms with Gasteiger partial charge >= 0.3 is 0 Å². The highest BCUT2D eigenvalue weighted by Gasteiger charge is 2.42. The number of hydrogen-bond acceptors (Lipinski definition) is 3. The molecule has 3 unspecified atom stereocenters. The van der Waals surface area contributed by atoms with Crippen LogP contribution in [-0.2, 0) is 4.74 Å². The van der Waals surface area contributed by atoms with E-state index in [1.165, 1.54) is 0 Å². The largest absolute Gasteiger partial charge is 0.391 e. The normalized spacial score (nSPS) is 48.5. The van der Waals surface area contributed by atoms with Crippen LogP contribution in [0.5, 0.6) is 0 Å². The van der Waals surface area contributed by atoms with Gasteiger partial charge in [-0.25, -0.2) is 0 Å². The molecule has 3 heteroatoms. The Hall–Kier alpha value is -0.120. The number of nitrogens with one attached hydrogen (secondary N) is 1. The number of aliphatic hydroxyl groups excluding tert-OH is 1. The first-order chi connectivity index (χ1) is 5.70. The van der Waals surface area contributed by atoms with E-state index in [1.807, 2.05) is 0 Å². The monoisotopic (exact) mass is 171 g/mol. The Morgan fingerprint density at radius 2 is 2.33 bits per heavy atom. The molecule has 0 bridgehead atoms. The molecule has 2 fully saturated rings. The van der Waals surface area contributed by atoms with Gasteiger partial charge in [-0.3, -0.25) is 0 Å². The molecule has 3 nitrogen and oxygen atoms in total. The second-order valence-electron chi connectivity index (χ2n) is 4.16. The van der Waals surface area contributed by atoms with Crippen molar-refractivity contribution in [2.75, 3.05) is 13.2 Å². The summed E-state index contributed by atoms with van der Waals surface area (Å²) in [6.07, 6.45) is 2.70. The Bertz CT molecular complexity index is 170. The smallest absolute Gasteiger partial charge is 0.0801 e. The first-order valence-corrected chi connectivity index (χ1v) is 4.76. The molecule has 0 amide bonds. The van der Waals surface area contributed by atoms with E-state index < -0.39 is 0 Å². The van der Waals surface area contributed by atoms with Crippen molar-refractivity contribution >= 4 is 0 Å². The summed E-state index contributed by atoms with van der Waals surface area (Å²) in [5, 5.41) is 12.8. The minimum Gasteiger partial charge on any atom is -0.391 e. The third-order valence-corrected chi connectivity index (χ3v) is 2.94. The van der Waals surface area contributed by atoms with Crippen molar-refractivity contribution in [3.8, 4) is 0 Å². The van der Waals surface area contributed by atoms with Crippen molar-refractivity contribution < 1.29 is 9.84 Å². The highest BCUT2D eigenvalue weighted by Crippen LogP contribution is 2.35. The lowest BCUT2D eigenvalue weighted by Crippen LogP contribution is -2.46. The average Bonchev–Trinajstić information content (AvgIpc) is 2.32. The highest BCUT2D eigenvalue weighted by atomic mass is 16.5. The van der Waals surface area contributed by atoms with Gasteiger partial charge in [-0.2, -0.15) is 0 Å². The molecule has 0 aliphatic carbocycles. The molecule has 2 heterocycles. The van der Waals surface area contributed by atoms with E-state index in [1.54, 1.807) is 0 Å². The maximum Gasteiger partial charge on any atom is 0.0801 e. The van der Waals surface area contributed by atoms with Crippen LogP contribution in [0.4, 0.5) is 0 Å². The summed E-state index contributed by atoms with van der Waals surface area (Å²) in [6, 6.07) is 0.532. The van der Waals surface area contributed by atoms with Crippen LogP contribution in [0.25, 0.3) is 0 Å². The number of aliphatic hydroxyl groups is 1. The van der Waals surface area contributed by atoms with Crippen LogP contribution in [0.3, 0.4) is 0 Å². The Kier molecular flexibility index (Phi) is 2.10. The summed E-state index contributed by atoms with van der Waals surface area (Å²) in [5.41, 5.74) is 0.00405. The van der Waals surface area contributed by atoms with Crippen LogP contribution in [0, 0.1) is 0 Å². The third kappa shape index (κ3) is 1.49. The quantitative estimate of drug-likeness (QED) is 0.550. The molecule has 2 N–H and O–H groups in total. The van der Waals surface area contributed by atoms with Gasteiger partial charge in [-0.15, -0.1) is 0 Å². The van der Waals surface area contributed by atoms with E-state index in [4.69, 9.17) is 4.74 Å². The number of rotatable bonds is 0. The van der Waals surface area contributed by atoms with Crippen molar-refractivity contribution in [3.05, 3.63) is 0 Å². The van der Waals surface area contributed by atoms with Gasteiger partial charge in [-0.05, 0) is 26.3 Å². The van der Waals surface area contributed by atoms with E-state index in [0.29, 0.717) is 12.6 Å². The summed E-state index contributed by atoms with van der Waals surface area (Å²) in [5.74, 6) is 0. The molecule has 0 aromatic rings. The molecule has 70 valence electrons. The molecular formula is C9H17NO2. The van der Waals surface area contributed by atoms with Gasteiger partial charge in [0.15, 0.2) is 0 Å². The van der Waals surface area contributed by atoms with E-state index >= 15 is 0 Å². The predicted octanol–water partition coefficient (Wildman–Crippen LogP) is 0.278. The van der Waals surface area contributed by atoms with Gasteiger partial charge in [0.25, 0.3) is 0 Å². The van der Waals surface area contributed by atoms with Crippen molar-refractivity contribution in [2.24, 2.45) is 0 Å². The summed E-state index contributed by atoms with van der Waals surface area (Å²) < 4.78 is 5.67. The Balaban J connectivity index is 2.00. The third-order valence-electron chi connectivity index (χ3n) is 2.94. The minimum atomic E-state index is -0.227. The lowest BCUT2D eigenvalue weighted by Gasteiger charge is -2.36. The zero-order chi connectivity index (χ0) is 8.60. The first-order valence-electron chi connectivity index (χ1n) is 4.76. The van der Waals surface area contributed by atoms with Gasteiger partial charge in [0, 0.05) is 12.5 Å². The molecule has 2 rings (SSSR count). The van der Waals surface area contributed by atoms with Crippen LogP contribution in [0.1, 0.15) is 26.2 Å². The Labute approximate surface area is 73.1 Å². The molecule has 2 aliphatic heterocycles. The first kappa shape index (κ1) is 8.48. The predicted molar refractivity (Wildman–Crippen MR) is 46.0 cm³/mol. The van der Waals surface area contributed by atoms with Gasteiger partial charge in [0.05, 0.1) is 18.3 Å². The average molecular weight is 171 g/mol. The summed E-state index contributed by atoms with van der Waals surface area (Å²) >= 11 is 0. The maximum atomic E-state index is 9.39. The Morgan fingerprint density at radius 1 is 1.50 bits per heavy atom. The van der Waals surface area contributed by atoms with Crippen LogP contribution in [0.2, 0.25) is 0 Å². The molecule has 3 atom stereocenters. The molecule has 12 heavy (non-hydrogen) atoms. The number of piperidine rings is 1. The van der Waals surface area contributed by atoms with Crippen molar-refractivity contribution in [3.63, 3.8) is 0 Å². The van der Waals surface area contributed by atoms with E-state index in [2.05, 4.69) is 12.2 Å². The van der Waals surface area contributed by atoms with Crippen molar-refractivity contribution in [1.82, 2.24) is 5.32 Å². The van der Waals surface area contributed by atoms with Gasteiger partial charge in [0.2, 0.25) is 0 Å². The fourth-order valence-corrected chi connectivity index (χ4v) is 2.42. The summed E-state index contributed by atoms with van der Waals surface area (Å²) in [4.78, 5) is 0. The summed E-state index contributed by atoms with van der Waals surface area (Å²) in [6.45, 7) is 3.73. The van der Waals surface area contributed by atoms with E-state index in [-0.39, 0.29) is 11.7 Å². The van der Waals surface area contributed by atoms with E-state index in [0.717, 1.165) is 25.8 Å². The van der Waals surface area contributed by atoms with Gasteiger partial charge in [-0.1, -0.05) is 0 Å². The molecule has 0 aromatic heterocycles. The maximum absolute atomic E-state index is 9.39. The van der Waals surface area contributed by atoms with E-state index in [9.17, 15) is 5.11 Å².